The molecule has 0 fully saturated rings. The number of phenolic OH excluding ortho intramolecular Hbond substituents is 1. The summed E-state index contributed by atoms with van der Waals surface area (Å²) >= 11 is 0. The Balaban J connectivity index is 3.05. The Kier molecular flexibility index (Phi) is 2.12. The predicted molar refractivity (Wildman–Crippen MR) is 42.0 cm³/mol. The van der Waals surface area contributed by atoms with E-state index in [1.807, 2.05) is 0 Å². The number of hydrogen-bond donors (Lipinski definition) is 3. The minimum Gasteiger partial charge on any atom is -0.508 e. The van der Waals surface area contributed by atoms with Gasteiger partial charge in [0, 0.05) is 0 Å². The Morgan fingerprint density at radius 1 is 1.45 bits per heavy atom. The average molecular weight is 153 g/mol. The van der Waals surface area contributed by atoms with Gasteiger partial charge in [0.25, 0.3) is 0 Å². The number of aromatic hydroxyl groups is 1. The molecule has 1 rings (SSSR count). The first-order chi connectivity index (χ1) is 5.11. The molecule has 0 aliphatic heterocycles. The molecule has 0 bridgehead atoms. The Morgan fingerprint density at radius 2 is 2.09 bits per heavy atom. The molecule has 3 nitrogen and oxygen atoms in total. The molecule has 1 aromatic carbocycles. The van der Waals surface area contributed by atoms with Gasteiger partial charge in [-0.1, -0.05) is 6.07 Å². The van der Waals surface area contributed by atoms with E-state index in [1.165, 1.54) is 6.07 Å². The molecule has 0 aliphatic rings. The second-order valence-electron chi connectivity index (χ2n) is 2.49. The quantitative estimate of drug-likeness (QED) is 0.519. The molecule has 0 amide bonds. The molecule has 1 atom stereocenters. The average Bonchev–Trinajstić information content (AvgIpc) is 1.94. The van der Waals surface area contributed by atoms with Gasteiger partial charge in [0.15, 0.2) is 0 Å². The molecule has 0 spiro atoms. The van der Waals surface area contributed by atoms with E-state index in [0.29, 0.717) is 11.1 Å². The third-order valence-electron chi connectivity index (χ3n) is 1.56. The lowest BCUT2D eigenvalue weighted by Crippen LogP contribution is -2.08. The second-order valence-corrected chi connectivity index (χ2v) is 2.49. The molecule has 3 heteroatoms. The van der Waals surface area contributed by atoms with Gasteiger partial charge in [-0.15, -0.1) is 0 Å². The molecule has 0 heterocycles. The van der Waals surface area contributed by atoms with Gasteiger partial charge in [-0.25, -0.2) is 0 Å². The highest BCUT2D eigenvalue weighted by Crippen LogP contribution is 2.18. The summed E-state index contributed by atoms with van der Waals surface area (Å²) < 4.78 is 0. The van der Waals surface area contributed by atoms with Crippen LogP contribution < -0.4 is 5.73 Å². The number of aliphatic hydroxyl groups is 1. The van der Waals surface area contributed by atoms with Gasteiger partial charge in [-0.05, 0) is 30.2 Å². The molecule has 0 radical (unpaired) electrons. The van der Waals surface area contributed by atoms with Gasteiger partial charge in [-0.3, -0.25) is 0 Å². The highest BCUT2D eigenvalue weighted by molar-refractivity contribution is 5.35. The number of nitrogens with two attached hydrogens (primary N) is 1. The van der Waals surface area contributed by atoms with E-state index in [1.54, 1.807) is 19.1 Å². The highest BCUT2D eigenvalue weighted by atomic mass is 16.3. The lowest BCUT2D eigenvalue weighted by molar-refractivity contribution is 0.186. The maximum absolute atomic E-state index is 9.10. The summed E-state index contributed by atoms with van der Waals surface area (Å²) in [4.78, 5) is 0. The van der Waals surface area contributed by atoms with Crippen LogP contribution in [0.2, 0.25) is 0 Å². The van der Waals surface area contributed by atoms with E-state index in [-0.39, 0.29) is 5.75 Å². The van der Waals surface area contributed by atoms with Crippen LogP contribution in [0.25, 0.3) is 0 Å². The molecule has 60 valence electrons. The third kappa shape index (κ3) is 1.69. The summed E-state index contributed by atoms with van der Waals surface area (Å²) in [6, 6.07) is 4.76. The van der Waals surface area contributed by atoms with Crippen LogP contribution in [-0.4, -0.2) is 10.2 Å². The van der Waals surface area contributed by atoms with Crippen molar-refractivity contribution in [2.24, 2.45) is 5.73 Å². The summed E-state index contributed by atoms with van der Waals surface area (Å²) in [5.41, 5.74) is 6.53. The fraction of sp³-hybridized carbons (Fsp3) is 0.250. The van der Waals surface area contributed by atoms with E-state index in [9.17, 15) is 0 Å². The summed E-state index contributed by atoms with van der Waals surface area (Å²) in [7, 11) is 0. The largest absolute Gasteiger partial charge is 0.508 e. The van der Waals surface area contributed by atoms with Crippen LogP contribution in [0.1, 0.15) is 17.4 Å². The molecule has 0 aromatic heterocycles. The Morgan fingerprint density at radius 3 is 2.55 bits per heavy atom. The van der Waals surface area contributed by atoms with Crippen molar-refractivity contribution in [3.63, 3.8) is 0 Å². The smallest absolute Gasteiger partial charge is 0.128 e. The second kappa shape index (κ2) is 2.90. The summed E-state index contributed by atoms with van der Waals surface area (Å²) in [5, 5.41) is 18.0. The topological polar surface area (TPSA) is 66.5 Å². The first-order valence-electron chi connectivity index (χ1n) is 3.34. The molecular weight excluding hydrogens is 142 g/mol. The molecule has 1 unspecified atom stereocenters. The van der Waals surface area contributed by atoms with Gasteiger partial charge in [0.2, 0.25) is 0 Å². The number of phenols is 1. The van der Waals surface area contributed by atoms with Crippen LogP contribution in [-0.2, 0) is 0 Å². The Hall–Kier alpha value is -1.06. The minimum atomic E-state index is -0.964. The SMILES string of the molecule is Cc1cc(C(N)O)ccc1O. The van der Waals surface area contributed by atoms with Crippen molar-refractivity contribution in [3.8, 4) is 5.75 Å². The summed E-state index contributed by atoms with van der Waals surface area (Å²) in [6.07, 6.45) is -0.964. The van der Waals surface area contributed by atoms with Gasteiger partial charge in [0.05, 0.1) is 0 Å². The fourth-order valence-electron chi connectivity index (χ4n) is 0.863. The van der Waals surface area contributed by atoms with Crippen molar-refractivity contribution in [2.75, 3.05) is 0 Å². The number of benzene rings is 1. The first kappa shape index (κ1) is 8.04. The molecule has 11 heavy (non-hydrogen) atoms. The summed E-state index contributed by atoms with van der Waals surface area (Å²) in [5.74, 6) is 0.217. The zero-order chi connectivity index (χ0) is 8.43. The summed E-state index contributed by atoms with van der Waals surface area (Å²) in [6.45, 7) is 1.75. The Labute approximate surface area is 65.1 Å². The van der Waals surface area contributed by atoms with Gasteiger partial charge >= 0.3 is 0 Å². The zero-order valence-corrected chi connectivity index (χ0v) is 6.28. The van der Waals surface area contributed by atoms with Crippen molar-refractivity contribution in [1.82, 2.24) is 0 Å². The number of aryl methyl sites for hydroxylation is 1. The van der Waals surface area contributed by atoms with Gasteiger partial charge in [0.1, 0.15) is 12.0 Å². The minimum absolute atomic E-state index is 0.217. The van der Waals surface area contributed by atoms with E-state index in [2.05, 4.69) is 0 Å². The molecule has 0 aliphatic carbocycles. The van der Waals surface area contributed by atoms with E-state index < -0.39 is 6.23 Å². The van der Waals surface area contributed by atoms with Crippen LogP contribution in [0.15, 0.2) is 18.2 Å². The van der Waals surface area contributed by atoms with Crippen molar-refractivity contribution >= 4 is 0 Å². The van der Waals surface area contributed by atoms with Crippen molar-refractivity contribution in [1.29, 1.82) is 0 Å². The molecule has 1 aromatic rings. The maximum atomic E-state index is 9.10. The van der Waals surface area contributed by atoms with Crippen LogP contribution >= 0.6 is 0 Å². The zero-order valence-electron chi connectivity index (χ0n) is 6.28. The van der Waals surface area contributed by atoms with E-state index >= 15 is 0 Å². The van der Waals surface area contributed by atoms with Crippen molar-refractivity contribution in [2.45, 2.75) is 13.2 Å². The monoisotopic (exact) mass is 153 g/mol. The maximum Gasteiger partial charge on any atom is 0.128 e. The lowest BCUT2D eigenvalue weighted by Gasteiger charge is -2.05. The van der Waals surface area contributed by atoms with Crippen LogP contribution in [0.4, 0.5) is 0 Å². The van der Waals surface area contributed by atoms with Crippen LogP contribution in [0.5, 0.6) is 5.75 Å². The van der Waals surface area contributed by atoms with Crippen LogP contribution in [0, 0.1) is 6.92 Å². The van der Waals surface area contributed by atoms with E-state index in [0.717, 1.165) is 0 Å². The molecule has 4 N–H and O–H groups in total. The van der Waals surface area contributed by atoms with Crippen molar-refractivity contribution in [3.05, 3.63) is 29.3 Å². The Bertz CT molecular complexity index is 258. The molecule has 0 saturated heterocycles. The number of hydrogen-bond acceptors (Lipinski definition) is 3. The van der Waals surface area contributed by atoms with Gasteiger partial charge in [-0.2, -0.15) is 0 Å². The lowest BCUT2D eigenvalue weighted by atomic mass is 10.1. The predicted octanol–water partition coefficient (Wildman–Crippen LogP) is 0.650. The molecule has 0 saturated carbocycles. The highest BCUT2D eigenvalue weighted by Gasteiger charge is 2.02. The number of rotatable bonds is 1. The first-order valence-corrected chi connectivity index (χ1v) is 3.34. The van der Waals surface area contributed by atoms with Crippen molar-refractivity contribution < 1.29 is 10.2 Å². The third-order valence-corrected chi connectivity index (χ3v) is 1.56. The fourth-order valence-corrected chi connectivity index (χ4v) is 0.863. The standard InChI is InChI=1S/C8H11NO2/c1-5-4-6(8(9)11)2-3-7(5)10/h2-4,8,10-11H,9H2,1H3. The van der Waals surface area contributed by atoms with E-state index in [4.69, 9.17) is 15.9 Å². The van der Waals surface area contributed by atoms with Gasteiger partial charge < -0.3 is 15.9 Å². The van der Waals surface area contributed by atoms with Crippen LogP contribution in [0.3, 0.4) is 0 Å². The number of aliphatic hydroxyl groups excluding tert-OH is 1. The normalized spacial score (nSPS) is 13.0. The molecular formula is C8H11NO2.